The molecule has 0 bridgehead atoms. The largest absolute Gasteiger partial charge is 0.392 e. The van der Waals surface area contributed by atoms with E-state index in [1.165, 1.54) is 32.1 Å². The van der Waals surface area contributed by atoms with Crippen molar-refractivity contribution in [1.82, 2.24) is 4.90 Å². The van der Waals surface area contributed by atoms with Gasteiger partial charge in [0, 0.05) is 19.1 Å². The highest BCUT2D eigenvalue weighted by molar-refractivity contribution is 4.80. The van der Waals surface area contributed by atoms with Crippen molar-refractivity contribution in [2.75, 3.05) is 13.1 Å². The monoisotopic (exact) mass is 255 g/mol. The number of aliphatic hydroxyl groups is 2. The average Bonchev–Trinajstić information content (AvgIpc) is 2.36. The van der Waals surface area contributed by atoms with Gasteiger partial charge in [0.1, 0.15) is 0 Å². The number of rotatable bonds is 8. The second-order valence-electron chi connectivity index (χ2n) is 5.61. The first-order valence-electron chi connectivity index (χ1n) is 7.34. The van der Waals surface area contributed by atoms with Gasteiger partial charge in [0.2, 0.25) is 0 Å². The molecule has 1 fully saturated rings. The van der Waals surface area contributed by atoms with Crippen molar-refractivity contribution in [3.8, 4) is 0 Å². The molecule has 0 aromatic carbocycles. The van der Waals surface area contributed by atoms with Crippen LogP contribution in [0.3, 0.4) is 0 Å². The van der Waals surface area contributed by atoms with E-state index in [-0.39, 0.29) is 12.2 Å². The number of hydrogen-bond donors (Lipinski definition) is 2. The van der Waals surface area contributed by atoms with Crippen LogP contribution >= 0.6 is 0 Å². The molecule has 0 spiro atoms. The Morgan fingerprint density at radius 1 is 1.22 bits per heavy atom. The van der Waals surface area contributed by atoms with Crippen molar-refractivity contribution in [3.05, 3.63) is 12.7 Å². The van der Waals surface area contributed by atoms with Gasteiger partial charge in [0.05, 0.1) is 12.2 Å². The lowest BCUT2D eigenvalue weighted by molar-refractivity contribution is 0.0373. The highest BCUT2D eigenvalue weighted by atomic mass is 16.3. The molecule has 0 aromatic heterocycles. The summed E-state index contributed by atoms with van der Waals surface area (Å²) < 4.78 is 0. The molecule has 106 valence electrons. The van der Waals surface area contributed by atoms with Gasteiger partial charge in [-0.25, -0.2) is 0 Å². The standard InChI is InChI=1S/C15H29NO2/c1-3-4-10-15(18)12-16(11-13(2)17)14-8-6-5-7-9-14/h3,13-15,17-18H,1,4-12H2,2H3. The number of nitrogens with zero attached hydrogens (tertiary/aromatic N) is 1. The van der Waals surface area contributed by atoms with E-state index in [0.717, 1.165) is 12.8 Å². The second-order valence-corrected chi connectivity index (χ2v) is 5.61. The zero-order chi connectivity index (χ0) is 13.4. The van der Waals surface area contributed by atoms with E-state index in [2.05, 4.69) is 11.5 Å². The molecule has 2 unspecified atom stereocenters. The molecule has 0 amide bonds. The molecular weight excluding hydrogens is 226 g/mol. The average molecular weight is 255 g/mol. The minimum Gasteiger partial charge on any atom is -0.392 e. The topological polar surface area (TPSA) is 43.7 Å². The summed E-state index contributed by atoms with van der Waals surface area (Å²) >= 11 is 0. The highest BCUT2D eigenvalue weighted by Crippen LogP contribution is 2.23. The van der Waals surface area contributed by atoms with Crippen LogP contribution in [0.2, 0.25) is 0 Å². The van der Waals surface area contributed by atoms with Gasteiger partial charge < -0.3 is 10.2 Å². The van der Waals surface area contributed by atoms with Crippen LogP contribution in [0.4, 0.5) is 0 Å². The fourth-order valence-corrected chi connectivity index (χ4v) is 2.83. The van der Waals surface area contributed by atoms with E-state index in [1.54, 1.807) is 0 Å². The van der Waals surface area contributed by atoms with Crippen molar-refractivity contribution >= 4 is 0 Å². The maximum Gasteiger partial charge on any atom is 0.0670 e. The minimum absolute atomic E-state index is 0.302. The summed E-state index contributed by atoms with van der Waals surface area (Å²) in [5, 5.41) is 19.6. The van der Waals surface area contributed by atoms with Crippen molar-refractivity contribution < 1.29 is 10.2 Å². The fraction of sp³-hybridized carbons (Fsp3) is 0.867. The summed E-state index contributed by atoms with van der Waals surface area (Å²) in [5.74, 6) is 0. The summed E-state index contributed by atoms with van der Waals surface area (Å²) in [6.45, 7) is 6.87. The third-order valence-electron chi connectivity index (χ3n) is 3.74. The minimum atomic E-state index is -0.321. The number of hydrogen-bond acceptors (Lipinski definition) is 3. The van der Waals surface area contributed by atoms with Gasteiger partial charge in [0.25, 0.3) is 0 Å². The predicted molar refractivity (Wildman–Crippen MR) is 75.6 cm³/mol. The van der Waals surface area contributed by atoms with E-state index in [9.17, 15) is 10.2 Å². The van der Waals surface area contributed by atoms with Gasteiger partial charge in [-0.1, -0.05) is 25.3 Å². The summed E-state index contributed by atoms with van der Waals surface area (Å²) in [6, 6.07) is 0.548. The van der Waals surface area contributed by atoms with E-state index in [4.69, 9.17) is 0 Å². The molecule has 0 aromatic rings. The third kappa shape index (κ3) is 5.98. The SMILES string of the molecule is C=CCCC(O)CN(CC(C)O)C1CCCCC1. The predicted octanol–water partition coefficient (Wildman–Crippen LogP) is 2.33. The van der Waals surface area contributed by atoms with Gasteiger partial charge in [-0.2, -0.15) is 0 Å². The smallest absolute Gasteiger partial charge is 0.0670 e. The summed E-state index contributed by atoms with van der Waals surface area (Å²) in [4.78, 5) is 2.29. The molecule has 3 heteroatoms. The second kappa shape index (κ2) is 8.68. The van der Waals surface area contributed by atoms with Gasteiger partial charge in [-0.05, 0) is 32.6 Å². The molecule has 1 rings (SSSR count). The lowest BCUT2D eigenvalue weighted by Crippen LogP contribution is -2.44. The Morgan fingerprint density at radius 2 is 1.89 bits per heavy atom. The molecule has 1 aliphatic carbocycles. The van der Waals surface area contributed by atoms with Crippen LogP contribution in [-0.2, 0) is 0 Å². The first-order chi connectivity index (χ1) is 8.63. The first kappa shape index (κ1) is 15.7. The highest BCUT2D eigenvalue weighted by Gasteiger charge is 2.23. The third-order valence-corrected chi connectivity index (χ3v) is 3.74. The van der Waals surface area contributed by atoms with E-state index < -0.39 is 0 Å². The van der Waals surface area contributed by atoms with Crippen LogP contribution < -0.4 is 0 Å². The van der Waals surface area contributed by atoms with Crippen LogP contribution in [0.15, 0.2) is 12.7 Å². The number of allylic oxidation sites excluding steroid dienone is 1. The molecule has 0 heterocycles. The summed E-state index contributed by atoms with van der Waals surface area (Å²) in [5.41, 5.74) is 0. The van der Waals surface area contributed by atoms with Gasteiger partial charge >= 0.3 is 0 Å². The van der Waals surface area contributed by atoms with Crippen LogP contribution in [0, 0.1) is 0 Å². The van der Waals surface area contributed by atoms with Crippen molar-refractivity contribution in [1.29, 1.82) is 0 Å². The van der Waals surface area contributed by atoms with Crippen molar-refractivity contribution in [3.63, 3.8) is 0 Å². The molecule has 1 aliphatic rings. The van der Waals surface area contributed by atoms with Crippen LogP contribution in [-0.4, -0.2) is 46.5 Å². The van der Waals surface area contributed by atoms with Crippen molar-refractivity contribution in [2.24, 2.45) is 0 Å². The Kier molecular flexibility index (Phi) is 7.56. The summed E-state index contributed by atoms with van der Waals surface area (Å²) in [7, 11) is 0. The Morgan fingerprint density at radius 3 is 2.44 bits per heavy atom. The van der Waals surface area contributed by atoms with E-state index >= 15 is 0 Å². The lowest BCUT2D eigenvalue weighted by atomic mass is 9.93. The fourth-order valence-electron chi connectivity index (χ4n) is 2.83. The zero-order valence-electron chi connectivity index (χ0n) is 11.7. The van der Waals surface area contributed by atoms with Crippen LogP contribution in [0.5, 0.6) is 0 Å². The molecule has 0 radical (unpaired) electrons. The molecule has 0 aliphatic heterocycles. The molecule has 0 saturated heterocycles. The molecular formula is C15H29NO2. The Labute approximate surface area is 112 Å². The molecule has 2 N–H and O–H groups in total. The molecule has 3 nitrogen and oxygen atoms in total. The summed E-state index contributed by atoms with van der Waals surface area (Å²) in [6.07, 6.45) is 9.17. The number of aliphatic hydroxyl groups excluding tert-OH is 2. The first-order valence-corrected chi connectivity index (χ1v) is 7.34. The lowest BCUT2D eigenvalue weighted by Gasteiger charge is -2.36. The molecule has 1 saturated carbocycles. The van der Waals surface area contributed by atoms with Crippen molar-refractivity contribution in [2.45, 2.75) is 70.1 Å². The maximum absolute atomic E-state index is 10.0. The Balaban J connectivity index is 2.45. The zero-order valence-corrected chi connectivity index (χ0v) is 11.7. The van der Waals surface area contributed by atoms with Gasteiger partial charge in [-0.15, -0.1) is 6.58 Å². The normalized spacial score (nSPS) is 20.9. The quantitative estimate of drug-likeness (QED) is 0.654. The van der Waals surface area contributed by atoms with Gasteiger partial charge in [0.15, 0.2) is 0 Å². The van der Waals surface area contributed by atoms with Crippen LogP contribution in [0.25, 0.3) is 0 Å². The van der Waals surface area contributed by atoms with Gasteiger partial charge in [-0.3, -0.25) is 4.90 Å². The Bertz CT molecular complexity index is 225. The van der Waals surface area contributed by atoms with E-state index in [0.29, 0.717) is 19.1 Å². The van der Waals surface area contributed by atoms with E-state index in [1.807, 2.05) is 13.0 Å². The maximum atomic E-state index is 10.0. The van der Waals surface area contributed by atoms with Crippen LogP contribution in [0.1, 0.15) is 51.9 Å². The molecule has 18 heavy (non-hydrogen) atoms. The molecule has 2 atom stereocenters. The Hall–Kier alpha value is -0.380.